The van der Waals surface area contributed by atoms with Crippen LogP contribution in [0.2, 0.25) is 0 Å². The smallest absolute Gasteiger partial charge is 0.240 e. The number of morpholine rings is 1. The fourth-order valence-electron chi connectivity index (χ4n) is 2.92. The number of ketones is 1. The van der Waals surface area contributed by atoms with Gasteiger partial charge < -0.3 is 9.64 Å². The molecule has 0 aliphatic carbocycles. The van der Waals surface area contributed by atoms with E-state index in [1.54, 1.807) is 36.2 Å². The zero-order chi connectivity index (χ0) is 18.5. The third kappa shape index (κ3) is 4.38. The Balaban J connectivity index is 1.84. The Morgan fingerprint density at radius 2 is 1.81 bits per heavy atom. The molecule has 1 aliphatic rings. The molecule has 6 heteroatoms. The summed E-state index contributed by atoms with van der Waals surface area (Å²) in [5, 5.41) is 0. The second-order valence-corrected chi connectivity index (χ2v) is 7.11. The third-order valence-corrected chi connectivity index (χ3v) is 4.93. The van der Waals surface area contributed by atoms with Crippen LogP contribution < -0.4 is 4.90 Å². The fraction of sp³-hybridized carbons (Fsp3) is 0.300. The van der Waals surface area contributed by atoms with Gasteiger partial charge in [0.25, 0.3) is 0 Å². The maximum atomic E-state index is 13.0. The van der Waals surface area contributed by atoms with Crippen LogP contribution in [0.4, 0.5) is 5.69 Å². The monoisotopic (exact) mass is 416 g/mol. The lowest BCUT2D eigenvalue weighted by Gasteiger charge is -2.28. The molecule has 3 rings (SSSR count). The van der Waals surface area contributed by atoms with Gasteiger partial charge in [0.15, 0.2) is 5.78 Å². The maximum Gasteiger partial charge on any atom is 0.240 e. The largest absolute Gasteiger partial charge is 0.379 e. The van der Waals surface area contributed by atoms with E-state index in [-0.39, 0.29) is 11.7 Å². The quantitative estimate of drug-likeness (QED) is 0.702. The van der Waals surface area contributed by atoms with Crippen LogP contribution in [0.15, 0.2) is 53.0 Å². The second kappa shape index (κ2) is 8.58. The van der Waals surface area contributed by atoms with E-state index in [2.05, 4.69) is 20.8 Å². The molecule has 26 heavy (non-hydrogen) atoms. The minimum Gasteiger partial charge on any atom is -0.379 e. The van der Waals surface area contributed by atoms with Crippen LogP contribution in [0, 0.1) is 0 Å². The van der Waals surface area contributed by atoms with Crippen LogP contribution in [-0.4, -0.2) is 56.5 Å². The van der Waals surface area contributed by atoms with Crippen molar-refractivity contribution in [2.45, 2.75) is 0 Å². The number of carbonyl (C=O) groups is 2. The molecular formula is C20H21BrN2O3. The number of anilines is 1. The van der Waals surface area contributed by atoms with Crippen molar-refractivity contribution in [1.29, 1.82) is 0 Å². The van der Waals surface area contributed by atoms with Gasteiger partial charge in [-0.25, -0.2) is 0 Å². The summed E-state index contributed by atoms with van der Waals surface area (Å²) in [6.45, 7) is 3.10. The number of hydrogen-bond acceptors (Lipinski definition) is 4. The number of hydrogen-bond donors (Lipinski definition) is 0. The number of carbonyl (C=O) groups excluding carboxylic acids is 2. The van der Waals surface area contributed by atoms with Gasteiger partial charge >= 0.3 is 0 Å². The summed E-state index contributed by atoms with van der Waals surface area (Å²) in [7, 11) is 1.72. The summed E-state index contributed by atoms with van der Waals surface area (Å²) in [6.07, 6.45) is 0. The Morgan fingerprint density at radius 1 is 1.12 bits per heavy atom. The molecule has 5 nitrogen and oxygen atoms in total. The fourth-order valence-corrected chi connectivity index (χ4v) is 3.28. The van der Waals surface area contributed by atoms with E-state index in [0.29, 0.717) is 36.6 Å². The van der Waals surface area contributed by atoms with Crippen LogP contribution in [-0.2, 0) is 9.53 Å². The molecule has 1 fully saturated rings. The highest BCUT2D eigenvalue weighted by molar-refractivity contribution is 9.10. The highest BCUT2D eigenvalue weighted by Crippen LogP contribution is 2.26. The van der Waals surface area contributed by atoms with Gasteiger partial charge in [0, 0.05) is 35.7 Å². The van der Waals surface area contributed by atoms with Gasteiger partial charge in [0.2, 0.25) is 5.91 Å². The second-order valence-electron chi connectivity index (χ2n) is 6.20. The SMILES string of the molecule is CN(C(=O)CN1CCOCC1)c1ccc(Br)cc1C(=O)c1ccccc1. The highest BCUT2D eigenvalue weighted by atomic mass is 79.9. The molecule has 136 valence electrons. The summed E-state index contributed by atoms with van der Waals surface area (Å²) in [5.41, 5.74) is 1.71. The van der Waals surface area contributed by atoms with Crippen LogP contribution >= 0.6 is 15.9 Å². The molecule has 2 aromatic rings. The lowest BCUT2D eigenvalue weighted by molar-refractivity contribution is -0.120. The minimum atomic E-state index is -0.104. The lowest BCUT2D eigenvalue weighted by Crippen LogP contribution is -2.44. The van der Waals surface area contributed by atoms with Gasteiger partial charge in [-0.3, -0.25) is 14.5 Å². The van der Waals surface area contributed by atoms with Crippen molar-refractivity contribution in [3.63, 3.8) is 0 Å². The van der Waals surface area contributed by atoms with Crippen LogP contribution in [0.1, 0.15) is 15.9 Å². The predicted octanol–water partition coefficient (Wildman–Crippen LogP) is 2.98. The van der Waals surface area contributed by atoms with E-state index in [0.717, 1.165) is 17.6 Å². The van der Waals surface area contributed by atoms with Crippen LogP contribution in [0.5, 0.6) is 0 Å². The topological polar surface area (TPSA) is 49.9 Å². The number of likely N-dealkylation sites (N-methyl/N-ethyl adjacent to an activating group) is 1. The predicted molar refractivity (Wildman–Crippen MR) is 105 cm³/mol. The van der Waals surface area contributed by atoms with Gasteiger partial charge in [0.05, 0.1) is 25.4 Å². The molecule has 0 radical (unpaired) electrons. The Morgan fingerprint density at radius 3 is 2.50 bits per heavy atom. The van der Waals surface area contributed by atoms with Crippen molar-refractivity contribution in [1.82, 2.24) is 4.90 Å². The van der Waals surface area contributed by atoms with Crippen molar-refractivity contribution < 1.29 is 14.3 Å². The van der Waals surface area contributed by atoms with Crippen LogP contribution in [0.25, 0.3) is 0 Å². The van der Waals surface area contributed by atoms with E-state index in [1.165, 1.54) is 0 Å². The molecule has 0 aromatic heterocycles. The number of benzene rings is 2. The van der Waals surface area contributed by atoms with E-state index < -0.39 is 0 Å². The Kier molecular flexibility index (Phi) is 6.19. The molecule has 0 saturated carbocycles. The Labute approximate surface area is 161 Å². The molecule has 0 unspecified atom stereocenters. The molecule has 2 aromatic carbocycles. The molecule has 0 spiro atoms. The molecule has 0 atom stereocenters. The first kappa shape index (κ1) is 18.8. The molecule has 1 saturated heterocycles. The number of amides is 1. The van der Waals surface area contributed by atoms with Gasteiger partial charge in [-0.15, -0.1) is 0 Å². The third-order valence-electron chi connectivity index (χ3n) is 4.44. The molecule has 0 N–H and O–H groups in total. The standard InChI is InChI=1S/C20H21BrN2O3/c1-22(19(24)14-23-9-11-26-12-10-23)18-8-7-16(21)13-17(18)20(25)15-5-3-2-4-6-15/h2-8,13H,9-12,14H2,1H3. The van der Waals surface area contributed by atoms with Crippen molar-refractivity contribution >= 4 is 33.3 Å². The normalized spacial score (nSPS) is 14.8. The number of ether oxygens (including phenoxy) is 1. The first-order valence-electron chi connectivity index (χ1n) is 8.52. The molecule has 1 aliphatic heterocycles. The molecule has 1 amide bonds. The van der Waals surface area contributed by atoms with Crippen molar-refractivity contribution in [2.75, 3.05) is 44.8 Å². The summed E-state index contributed by atoms with van der Waals surface area (Å²) >= 11 is 3.43. The van der Waals surface area contributed by atoms with E-state index >= 15 is 0 Å². The highest BCUT2D eigenvalue weighted by Gasteiger charge is 2.22. The van der Waals surface area contributed by atoms with E-state index in [1.807, 2.05) is 24.3 Å². The van der Waals surface area contributed by atoms with Gasteiger partial charge in [-0.2, -0.15) is 0 Å². The Bertz CT molecular complexity index is 789. The van der Waals surface area contributed by atoms with Gasteiger partial charge in [0.1, 0.15) is 0 Å². The average Bonchev–Trinajstić information content (AvgIpc) is 2.68. The summed E-state index contributed by atoms with van der Waals surface area (Å²) < 4.78 is 6.12. The maximum absolute atomic E-state index is 13.0. The first-order chi connectivity index (χ1) is 12.6. The summed E-state index contributed by atoms with van der Waals surface area (Å²) in [6, 6.07) is 14.5. The molecular weight excluding hydrogens is 396 g/mol. The van der Waals surface area contributed by atoms with Crippen LogP contribution in [0.3, 0.4) is 0 Å². The van der Waals surface area contributed by atoms with Gasteiger partial charge in [-0.05, 0) is 18.2 Å². The number of nitrogens with zero attached hydrogens (tertiary/aromatic N) is 2. The molecule has 0 bridgehead atoms. The Hall–Kier alpha value is -2.02. The molecule has 1 heterocycles. The van der Waals surface area contributed by atoms with Crippen molar-refractivity contribution in [3.8, 4) is 0 Å². The van der Waals surface area contributed by atoms with Crippen molar-refractivity contribution in [2.24, 2.45) is 0 Å². The average molecular weight is 417 g/mol. The van der Waals surface area contributed by atoms with E-state index in [4.69, 9.17) is 4.74 Å². The van der Waals surface area contributed by atoms with Crippen molar-refractivity contribution in [3.05, 3.63) is 64.1 Å². The lowest BCUT2D eigenvalue weighted by atomic mass is 10.0. The zero-order valence-corrected chi connectivity index (χ0v) is 16.2. The summed E-state index contributed by atoms with van der Waals surface area (Å²) in [4.78, 5) is 29.3. The zero-order valence-electron chi connectivity index (χ0n) is 14.7. The minimum absolute atomic E-state index is 0.0451. The summed E-state index contributed by atoms with van der Waals surface area (Å²) in [5.74, 6) is -0.149. The van der Waals surface area contributed by atoms with E-state index in [9.17, 15) is 9.59 Å². The number of halogens is 1. The van der Waals surface area contributed by atoms with Gasteiger partial charge in [-0.1, -0.05) is 46.3 Å². The first-order valence-corrected chi connectivity index (χ1v) is 9.31. The number of rotatable bonds is 5.